The summed E-state index contributed by atoms with van der Waals surface area (Å²) in [5, 5.41) is 4.33. The van der Waals surface area contributed by atoms with Crippen molar-refractivity contribution < 1.29 is 23.7 Å². The van der Waals surface area contributed by atoms with Crippen molar-refractivity contribution in [2.45, 2.75) is 26.4 Å². The molecule has 0 aliphatic rings. The predicted octanol–water partition coefficient (Wildman–Crippen LogP) is 4.06. The largest absolute Gasteiger partial charge is 0.497 e. The number of halogens is 1. The molecule has 0 aliphatic heterocycles. The first-order chi connectivity index (χ1) is 14.0. The van der Waals surface area contributed by atoms with Gasteiger partial charge >= 0.3 is 0 Å². The van der Waals surface area contributed by atoms with Crippen molar-refractivity contribution in [3.63, 3.8) is 0 Å². The molecule has 8 heteroatoms. The summed E-state index contributed by atoms with van der Waals surface area (Å²) in [5.41, 5.74) is 3.06. The number of hydrazone groups is 1. The van der Waals surface area contributed by atoms with Crippen LogP contribution in [0.1, 0.15) is 25.8 Å². The fraction of sp³-hybridized carbons (Fsp3) is 0.333. The van der Waals surface area contributed by atoms with E-state index in [0.29, 0.717) is 33.6 Å². The highest BCUT2D eigenvalue weighted by atomic mass is 35.5. The van der Waals surface area contributed by atoms with E-state index >= 15 is 0 Å². The molecule has 0 unspecified atom stereocenters. The third-order valence-corrected chi connectivity index (χ3v) is 4.26. The first-order valence-corrected chi connectivity index (χ1v) is 9.47. The van der Waals surface area contributed by atoms with Crippen LogP contribution in [0.3, 0.4) is 0 Å². The first-order valence-electron chi connectivity index (χ1n) is 9.09. The Kier molecular flexibility index (Phi) is 8.61. The van der Waals surface area contributed by atoms with Gasteiger partial charge < -0.3 is 18.9 Å². The van der Waals surface area contributed by atoms with Crippen LogP contribution < -0.4 is 24.4 Å². The van der Waals surface area contributed by atoms with E-state index in [2.05, 4.69) is 10.5 Å². The third kappa shape index (κ3) is 6.87. The van der Waals surface area contributed by atoms with E-state index in [1.807, 2.05) is 13.8 Å². The molecule has 1 atom stereocenters. The zero-order chi connectivity index (χ0) is 21.2. The van der Waals surface area contributed by atoms with Gasteiger partial charge in [0.15, 0.2) is 18.1 Å². The van der Waals surface area contributed by atoms with Crippen LogP contribution in [-0.2, 0) is 4.79 Å². The molecular formula is C21H25ClN2O5. The maximum absolute atomic E-state index is 11.9. The second-order valence-corrected chi connectivity index (χ2v) is 6.54. The van der Waals surface area contributed by atoms with Crippen molar-refractivity contribution in [1.29, 1.82) is 0 Å². The number of benzene rings is 2. The average molecular weight is 421 g/mol. The number of rotatable bonds is 10. The van der Waals surface area contributed by atoms with Gasteiger partial charge in [-0.1, -0.05) is 18.5 Å². The minimum Gasteiger partial charge on any atom is -0.497 e. The minimum absolute atomic E-state index is 0.00547. The molecule has 0 saturated heterocycles. The smallest absolute Gasteiger partial charge is 0.277 e. The minimum atomic E-state index is -0.396. The number of hydrogen-bond donors (Lipinski definition) is 1. The molecular weight excluding hydrogens is 396 g/mol. The SMILES string of the molecule is CC[C@@H](C)Oc1c(Cl)cc(/C=N/NC(=O)COc2ccc(OC)cc2)cc1OC. The van der Waals surface area contributed by atoms with Gasteiger partial charge in [0.05, 0.1) is 31.6 Å². The number of carbonyl (C=O) groups excluding carboxylic acids is 1. The van der Waals surface area contributed by atoms with Crippen molar-refractivity contribution in [3.8, 4) is 23.0 Å². The van der Waals surface area contributed by atoms with Gasteiger partial charge in [-0.3, -0.25) is 4.79 Å². The Labute approximate surface area is 175 Å². The summed E-state index contributed by atoms with van der Waals surface area (Å²) in [6, 6.07) is 10.3. The number of nitrogens with zero attached hydrogens (tertiary/aromatic N) is 1. The average Bonchev–Trinajstić information content (AvgIpc) is 2.74. The standard InChI is InChI=1S/C21H25ClN2O5/c1-5-14(2)29-21-18(22)10-15(11-19(21)27-4)12-23-24-20(25)13-28-17-8-6-16(26-3)7-9-17/h6-12,14H,5,13H2,1-4H3,(H,24,25)/b23-12+/t14-/m1/s1. The Balaban J connectivity index is 1.93. The zero-order valence-corrected chi connectivity index (χ0v) is 17.7. The fourth-order valence-electron chi connectivity index (χ4n) is 2.25. The molecule has 0 spiro atoms. The Morgan fingerprint density at radius 3 is 2.48 bits per heavy atom. The second kappa shape index (κ2) is 11.2. The molecule has 2 rings (SSSR count). The Morgan fingerprint density at radius 1 is 1.17 bits per heavy atom. The normalized spacial score (nSPS) is 11.8. The van der Waals surface area contributed by atoms with Crippen molar-refractivity contribution in [1.82, 2.24) is 5.43 Å². The van der Waals surface area contributed by atoms with Crippen LogP contribution in [0, 0.1) is 0 Å². The molecule has 2 aromatic rings. The van der Waals surface area contributed by atoms with Crippen LogP contribution in [0.25, 0.3) is 0 Å². The lowest BCUT2D eigenvalue weighted by molar-refractivity contribution is -0.123. The zero-order valence-electron chi connectivity index (χ0n) is 16.9. The lowest BCUT2D eigenvalue weighted by Gasteiger charge is -2.17. The fourth-order valence-corrected chi connectivity index (χ4v) is 2.51. The molecule has 0 aromatic heterocycles. The molecule has 0 bridgehead atoms. The molecule has 0 saturated carbocycles. The highest BCUT2D eigenvalue weighted by Crippen LogP contribution is 2.37. The van der Waals surface area contributed by atoms with Crippen LogP contribution in [0.4, 0.5) is 0 Å². The summed E-state index contributed by atoms with van der Waals surface area (Å²) in [6.45, 7) is 3.80. The number of carbonyl (C=O) groups is 1. The molecule has 1 N–H and O–H groups in total. The number of methoxy groups -OCH3 is 2. The Bertz CT molecular complexity index is 840. The van der Waals surface area contributed by atoms with E-state index in [0.717, 1.165) is 6.42 Å². The monoisotopic (exact) mass is 420 g/mol. The lowest BCUT2D eigenvalue weighted by atomic mass is 10.2. The molecule has 0 aliphatic carbocycles. The first kappa shape index (κ1) is 22.4. The third-order valence-electron chi connectivity index (χ3n) is 3.98. The van der Waals surface area contributed by atoms with Crippen molar-refractivity contribution in [2.24, 2.45) is 5.10 Å². The quantitative estimate of drug-likeness (QED) is 0.463. The summed E-state index contributed by atoms with van der Waals surface area (Å²) in [6.07, 6.45) is 2.31. The number of ether oxygens (including phenoxy) is 4. The van der Waals surface area contributed by atoms with Crippen LogP contribution >= 0.6 is 11.6 Å². The van der Waals surface area contributed by atoms with Gasteiger partial charge in [-0.2, -0.15) is 5.10 Å². The summed E-state index contributed by atoms with van der Waals surface area (Å²) < 4.78 is 21.6. The molecule has 1 amide bonds. The van der Waals surface area contributed by atoms with Gasteiger partial charge in [0.2, 0.25) is 0 Å². The number of amides is 1. The van der Waals surface area contributed by atoms with E-state index in [1.165, 1.54) is 13.3 Å². The van der Waals surface area contributed by atoms with Gasteiger partial charge in [-0.25, -0.2) is 5.43 Å². The van der Waals surface area contributed by atoms with E-state index < -0.39 is 5.91 Å². The summed E-state index contributed by atoms with van der Waals surface area (Å²) in [5.74, 6) is 1.84. The molecule has 156 valence electrons. The van der Waals surface area contributed by atoms with Crippen LogP contribution in [0.15, 0.2) is 41.5 Å². The summed E-state index contributed by atoms with van der Waals surface area (Å²) >= 11 is 6.31. The molecule has 7 nitrogen and oxygen atoms in total. The molecule has 2 aromatic carbocycles. The molecule has 29 heavy (non-hydrogen) atoms. The topological polar surface area (TPSA) is 78.4 Å². The van der Waals surface area contributed by atoms with Gasteiger partial charge in [-0.15, -0.1) is 0 Å². The predicted molar refractivity (Wildman–Crippen MR) is 113 cm³/mol. The summed E-state index contributed by atoms with van der Waals surface area (Å²) in [4.78, 5) is 11.9. The van der Waals surface area contributed by atoms with E-state index in [9.17, 15) is 4.79 Å². The number of nitrogens with one attached hydrogen (secondary N) is 1. The Hall–Kier alpha value is -2.93. The van der Waals surface area contributed by atoms with Gasteiger partial charge in [0, 0.05) is 0 Å². The number of hydrogen-bond acceptors (Lipinski definition) is 6. The van der Waals surface area contributed by atoms with E-state index in [4.69, 9.17) is 30.5 Å². The van der Waals surface area contributed by atoms with Crippen LogP contribution in [0.2, 0.25) is 5.02 Å². The van der Waals surface area contributed by atoms with E-state index in [1.54, 1.807) is 43.5 Å². The highest BCUT2D eigenvalue weighted by Gasteiger charge is 2.14. The Morgan fingerprint density at radius 2 is 1.86 bits per heavy atom. The summed E-state index contributed by atoms with van der Waals surface area (Å²) in [7, 11) is 3.12. The van der Waals surface area contributed by atoms with Gasteiger partial charge in [0.1, 0.15) is 11.5 Å². The van der Waals surface area contributed by atoms with Crippen molar-refractivity contribution in [3.05, 3.63) is 47.0 Å². The highest BCUT2D eigenvalue weighted by molar-refractivity contribution is 6.32. The van der Waals surface area contributed by atoms with Crippen LogP contribution in [0.5, 0.6) is 23.0 Å². The van der Waals surface area contributed by atoms with Crippen molar-refractivity contribution in [2.75, 3.05) is 20.8 Å². The molecule has 0 fully saturated rings. The maximum Gasteiger partial charge on any atom is 0.277 e. The van der Waals surface area contributed by atoms with Crippen molar-refractivity contribution >= 4 is 23.7 Å². The maximum atomic E-state index is 11.9. The van der Waals surface area contributed by atoms with Crippen LogP contribution in [-0.4, -0.2) is 39.1 Å². The lowest BCUT2D eigenvalue weighted by Crippen LogP contribution is -2.24. The van der Waals surface area contributed by atoms with Gasteiger partial charge in [-0.05, 0) is 55.3 Å². The second-order valence-electron chi connectivity index (χ2n) is 6.13. The molecule has 0 radical (unpaired) electrons. The molecule has 0 heterocycles. The van der Waals surface area contributed by atoms with E-state index in [-0.39, 0.29) is 12.7 Å². The van der Waals surface area contributed by atoms with Gasteiger partial charge in [0.25, 0.3) is 5.91 Å².